The standard InChI is InChI=1S/C24H26N2O3S2/c1-18-13-14-23(30-18)31(28,29)26-15-7-11-21(17-26)24(27)25-22-12-6-5-10-20(22)16-19-8-3-2-4-9-19/h2-6,8-10,12-14,21H,7,11,15-17H2,1H3,(H,25,27). The van der Waals surface area contributed by atoms with E-state index in [1.54, 1.807) is 6.07 Å². The smallest absolute Gasteiger partial charge is 0.252 e. The number of carbonyl (C=O) groups excluding carboxylic acids is 1. The molecular formula is C24H26N2O3S2. The molecule has 162 valence electrons. The Morgan fingerprint density at radius 3 is 2.55 bits per heavy atom. The van der Waals surface area contributed by atoms with Crippen molar-refractivity contribution in [2.45, 2.75) is 30.4 Å². The highest BCUT2D eigenvalue weighted by Crippen LogP contribution is 2.29. The third-order valence-electron chi connectivity index (χ3n) is 5.58. The molecule has 7 heteroatoms. The molecule has 0 aliphatic carbocycles. The lowest BCUT2D eigenvalue weighted by atomic mass is 9.98. The largest absolute Gasteiger partial charge is 0.326 e. The second-order valence-electron chi connectivity index (χ2n) is 7.88. The Morgan fingerprint density at radius 2 is 1.81 bits per heavy atom. The fourth-order valence-corrected chi connectivity index (χ4v) is 6.86. The van der Waals surface area contributed by atoms with E-state index in [0.29, 0.717) is 23.6 Å². The molecule has 1 aliphatic rings. The molecule has 1 atom stereocenters. The van der Waals surface area contributed by atoms with Crippen LogP contribution < -0.4 is 5.32 Å². The monoisotopic (exact) mass is 454 g/mol. The Kier molecular flexibility index (Phi) is 6.55. The van der Waals surface area contributed by atoms with Crippen LogP contribution in [0.3, 0.4) is 0 Å². The van der Waals surface area contributed by atoms with Gasteiger partial charge in [0.25, 0.3) is 10.0 Å². The van der Waals surface area contributed by atoms with Gasteiger partial charge in [-0.3, -0.25) is 4.79 Å². The summed E-state index contributed by atoms with van der Waals surface area (Å²) in [6.07, 6.45) is 2.08. The predicted molar refractivity (Wildman–Crippen MR) is 125 cm³/mol. The first-order chi connectivity index (χ1) is 14.9. The van der Waals surface area contributed by atoms with Crippen molar-refractivity contribution in [3.05, 3.63) is 82.7 Å². The Balaban J connectivity index is 1.47. The SMILES string of the molecule is Cc1ccc(S(=O)(=O)N2CCCC(C(=O)Nc3ccccc3Cc3ccccc3)C2)s1. The molecule has 3 aromatic rings. The first kappa shape index (κ1) is 21.7. The number of hydrogen-bond acceptors (Lipinski definition) is 4. The lowest BCUT2D eigenvalue weighted by Gasteiger charge is -2.31. The van der Waals surface area contributed by atoms with E-state index in [0.717, 1.165) is 22.5 Å². The van der Waals surface area contributed by atoms with Gasteiger partial charge in [0.1, 0.15) is 4.21 Å². The highest BCUT2D eigenvalue weighted by atomic mass is 32.2. The Morgan fingerprint density at radius 1 is 1.06 bits per heavy atom. The number of sulfonamides is 1. The number of amides is 1. The van der Waals surface area contributed by atoms with E-state index in [1.807, 2.05) is 55.5 Å². The van der Waals surface area contributed by atoms with Crippen LogP contribution in [0.15, 0.2) is 70.9 Å². The summed E-state index contributed by atoms with van der Waals surface area (Å²) in [5, 5.41) is 3.06. The van der Waals surface area contributed by atoms with Crippen molar-refractivity contribution in [3.63, 3.8) is 0 Å². The number of piperidine rings is 1. The molecule has 1 saturated heterocycles. The summed E-state index contributed by atoms with van der Waals surface area (Å²) >= 11 is 1.27. The summed E-state index contributed by atoms with van der Waals surface area (Å²) < 4.78 is 27.8. The number of aryl methyl sites for hydroxylation is 1. The molecule has 0 saturated carbocycles. The quantitative estimate of drug-likeness (QED) is 0.588. The molecular weight excluding hydrogens is 428 g/mol. The number of hydrogen-bond donors (Lipinski definition) is 1. The maximum absolute atomic E-state index is 13.1. The van der Waals surface area contributed by atoms with Crippen molar-refractivity contribution in [3.8, 4) is 0 Å². The minimum Gasteiger partial charge on any atom is -0.326 e. The fourth-order valence-electron chi connectivity index (χ4n) is 3.90. The molecule has 1 unspecified atom stereocenters. The number of benzene rings is 2. The van der Waals surface area contributed by atoms with Crippen molar-refractivity contribution in [1.29, 1.82) is 0 Å². The Bertz CT molecular complexity index is 1160. The van der Waals surface area contributed by atoms with E-state index in [4.69, 9.17) is 0 Å². The lowest BCUT2D eigenvalue weighted by Crippen LogP contribution is -2.43. The number of anilines is 1. The normalized spacial score (nSPS) is 17.4. The summed E-state index contributed by atoms with van der Waals surface area (Å²) in [6.45, 7) is 2.56. The van der Waals surface area contributed by atoms with Crippen LogP contribution in [-0.2, 0) is 21.2 Å². The van der Waals surface area contributed by atoms with Crippen molar-refractivity contribution in [2.24, 2.45) is 5.92 Å². The van der Waals surface area contributed by atoms with Gasteiger partial charge in [-0.2, -0.15) is 4.31 Å². The maximum atomic E-state index is 13.1. The zero-order valence-corrected chi connectivity index (χ0v) is 19.1. The van der Waals surface area contributed by atoms with Gasteiger partial charge >= 0.3 is 0 Å². The highest BCUT2D eigenvalue weighted by Gasteiger charge is 2.34. The van der Waals surface area contributed by atoms with Crippen LogP contribution in [-0.4, -0.2) is 31.7 Å². The van der Waals surface area contributed by atoms with E-state index in [-0.39, 0.29) is 18.4 Å². The van der Waals surface area contributed by atoms with E-state index in [9.17, 15) is 13.2 Å². The average Bonchev–Trinajstić information content (AvgIpc) is 3.23. The number of thiophene rings is 1. The van der Waals surface area contributed by atoms with Crippen molar-refractivity contribution in [1.82, 2.24) is 4.31 Å². The molecule has 0 bridgehead atoms. The first-order valence-electron chi connectivity index (χ1n) is 10.4. The van der Waals surface area contributed by atoms with Crippen molar-refractivity contribution in [2.75, 3.05) is 18.4 Å². The molecule has 1 fully saturated rings. The average molecular weight is 455 g/mol. The van der Waals surface area contributed by atoms with Gasteiger partial charge < -0.3 is 5.32 Å². The Hall–Kier alpha value is -2.48. The van der Waals surface area contributed by atoms with Gasteiger partial charge in [0.15, 0.2) is 0 Å². The summed E-state index contributed by atoms with van der Waals surface area (Å²) in [7, 11) is -3.56. The predicted octanol–water partition coefficient (Wildman–Crippen LogP) is 4.69. The van der Waals surface area contributed by atoms with Gasteiger partial charge in [-0.05, 0) is 55.5 Å². The van der Waals surface area contributed by atoms with Crippen molar-refractivity contribution >= 4 is 33.0 Å². The van der Waals surface area contributed by atoms with Gasteiger partial charge in [-0.25, -0.2) is 8.42 Å². The molecule has 1 amide bonds. The molecule has 0 radical (unpaired) electrons. The van der Waals surface area contributed by atoms with Gasteiger partial charge in [-0.15, -0.1) is 11.3 Å². The Labute approximate surface area is 187 Å². The van der Waals surface area contributed by atoms with Crippen LogP contribution in [0.4, 0.5) is 5.69 Å². The van der Waals surface area contributed by atoms with E-state index >= 15 is 0 Å². The number of nitrogens with zero attached hydrogens (tertiary/aromatic N) is 1. The van der Waals surface area contributed by atoms with E-state index in [2.05, 4.69) is 17.4 Å². The molecule has 31 heavy (non-hydrogen) atoms. The van der Waals surface area contributed by atoms with Gasteiger partial charge in [0.05, 0.1) is 5.92 Å². The molecule has 5 nitrogen and oxygen atoms in total. The highest BCUT2D eigenvalue weighted by molar-refractivity contribution is 7.91. The van der Waals surface area contributed by atoms with Crippen LogP contribution in [0.1, 0.15) is 28.8 Å². The summed E-state index contributed by atoms with van der Waals surface area (Å²) in [6, 6.07) is 21.4. The molecule has 4 rings (SSSR count). The zero-order valence-electron chi connectivity index (χ0n) is 17.5. The molecule has 1 aliphatic heterocycles. The summed E-state index contributed by atoms with van der Waals surface area (Å²) in [5.74, 6) is -0.489. The molecule has 2 aromatic carbocycles. The van der Waals surface area contributed by atoms with Crippen molar-refractivity contribution < 1.29 is 13.2 Å². The summed E-state index contributed by atoms with van der Waals surface area (Å²) in [4.78, 5) is 14.0. The number of rotatable bonds is 6. The molecule has 1 N–H and O–H groups in total. The second-order valence-corrected chi connectivity index (χ2v) is 11.3. The van der Waals surface area contributed by atoms with Crippen LogP contribution in [0.5, 0.6) is 0 Å². The minimum atomic E-state index is -3.56. The lowest BCUT2D eigenvalue weighted by molar-refractivity contribution is -0.120. The second kappa shape index (κ2) is 9.34. The van der Waals surface area contributed by atoms with Gasteiger partial charge in [0, 0.05) is 23.7 Å². The zero-order chi connectivity index (χ0) is 21.8. The van der Waals surface area contributed by atoms with Gasteiger partial charge in [0.2, 0.25) is 5.91 Å². The van der Waals surface area contributed by atoms with Crippen LogP contribution in [0, 0.1) is 12.8 Å². The maximum Gasteiger partial charge on any atom is 0.252 e. The topological polar surface area (TPSA) is 66.5 Å². The first-order valence-corrected chi connectivity index (χ1v) is 12.7. The summed E-state index contributed by atoms with van der Waals surface area (Å²) in [5.41, 5.74) is 2.99. The number of nitrogens with one attached hydrogen (secondary N) is 1. The minimum absolute atomic E-state index is 0.122. The van der Waals surface area contributed by atoms with E-state index < -0.39 is 10.0 Å². The van der Waals surface area contributed by atoms with Crippen LogP contribution in [0.25, 0.3) is 0 Å². The molecule has 1 aromatic heterocycles. The third kappa shape index (κ3) is 5.06. The van der Waals surface area contributed by atoms with Gasteiger partial charge in [-0.1, -0.05) is 48.5 Å². The number of carbonyl (C=O) groups is 1. The van der Waals surface area contributed by atoms with Crippen LogP contribution >= 0.6 is 11.3 Å². The fraction of sp³-hybridized carbons (Fsp3) is 0.292. The molecule has 0 spiro atoms. The van der Waals surface area contributed by atoms with Crippen LogP contribution in [0.2, 0.25) is 0 Å². The third-order valence-corrected chi connectivity index (χ3v) is 8.91. The molecule has 2 heterocycles. The number of para-hydroxylation sites is 1. The van der Waals surface area contributed by atoms with E-state index in [1.165, 1.54) is 21.2 Å².